The number of halogens is 4. The highest BCUT2D eigenvalue weighted by atomic mass is 35.5. The van der Waals surface area contributed by atoms with Crippen LogP contribution >= 0.6 is 11.6 Å². The van der Waals surface area contributed by atoms with Gasteiger partial charge in [-0.2, -0.15) is 13.2 Å². The molecule has 1 heterocycles. The zero-order valence-electron chi connectivity index (χ0n) is 16.4. The number of nitrogens with one attached hydrogen (secondary N) is 2. The van der Waals surface area contributed by atoms with Crippen molar-refractivity contribution in [2.24, 2.45) is 5.92 Å². The number of amides is 1. The summed E-state index contributed by atoms with van der Waals surface area (Å²) in [6.45, 7) is 0.752. The van der Waals surface area contributed by atoms with Crippen molar-refractivity contribution in [3.8, 4) is 5.88 Å². The van der Waals surface area contributed by atoms with Gasteiger partial charge in [0.05, 0.1) is 28.9 Å². The van der Waals surface area contributed by atoms with Crippen LogP contribution in [0.5, 0.6) is 5.88 Å². The molecule has 0 bridgehead atoms. The standard InChI is InChI=1S/C21H23ClF3N3O2/c1-30-20-18(3-2-10-26-20)27-12-13-4-7-15(8-5-13)28-19(29)16-11-14(21(23,24)25)6-9-17(16)22/h2-3,6,9-11,13,15,27H,4-5,7-8,12H2,1H3,(H,28,29). The second-order valence-electron chi connectivity index (χ2n) is 7.32. The van der Waals surface area contributed by atoms with Crippen molar-refractivity contribution in [3.63, 3.8) is 0 Å². The molecule has 5 nitrogen and oxygen atoms in total. The minimum atomic E-state index is -4.53. The maximum atomic E-state index is 12.9. The van der Waals surface area contributed by atoms with E-state index >= 15 is 0 Å². The van der Waals surface area contributed by atoms with Gasteiger partial charge in [0.2, 0.25) is 5.88 Å². The fourth-order valence-corrected chi connectivity index (χ4v) is 3.80. The molecule has 0 atom stereocenters. The van der Waals surface area contributed by atoms with E-state index in [0.717, 1.165) is 56.1 Å². The number of alkyl halides is 3. The van der Waals surface area contributed by atoms with Gasteiger partial charge in [-0.15, -0.1) is 0 Å². The van der Waals surface area contributed by atoms with Gasteiger partial charge in [-0.1, -0.05) is 11.6 Å². The SMILES string of the molecule is COc1ncccc1NCC1CCC(NC(=O)c2cc(C(F)(F)F)ccc2Cl)CC1. The maximum absolute atomic E-state index is 12.9. The van der Waals surface area contributed by atoms with E-state index in [9.17, 15) is 18.0 Å². The van der Waals surface area contributed by atoms with Crippen LogP contribution in [0.1, 0.15) is 41.6 Å². The smallest absolute Gasteiger partial charge is 0.416 e. The van der Waals surface area contributed by atoms with Crippen molar-refractivity contribution in [1.82, 2.24) is 10.3 Å². The molecular weight excluding hydrogens is 419 g/mol. The summed E-state index contributed by atoms with van der Waals surface area (Å²) in [5.41, 5.74) is -0.216. The molecule has 1 saturated carbocycles. The Balaban J connectivity index is 1.52. The molecule has 0 unspecified atom stereocenters. The highest BCUT2D eigenvalue weighted by Gasteiger charge is 2.32. The third kappa shape index (κ3) is 5.56. The number of methoxy groups -OCH3 is 1. The lowest BCUT2D eigenvalue weighted by atomic mass is 9.86. The van der Waals surface area contributed by atoms with Crippen LogP contribution < -0.4 is 15.4 Å². The first-order valence-corrected chi connectivity index (χ1v) is 10.1. The summed E-state index contributed by atoms with van der Waals surface area (Å²) in [5, 5.41) is 6.17. The molecule has 0 spiro atoms. The van der Waals surface area contributed by atoms with E-state index in [1.165, 1.54) is 0 Å². The second kappa shape index (κ2) is 9.55. The van der Waals surface area contributed by atoms with E-state index in [1.54, 1.807) is 13.3 Å². The van der Waals surface area contributed by atoms with Gasteiger partial charge < -0.3 is 15.4 Å². The van der Waals surface area contributed by atoms with Crippen LogP contribution in [0, 0.1) is 5.92 Å². The minimum Gasteiger partial charge on any atom is -0.480 e. The van der Waals surface area contributed by atoms with Gasteiger partial charge >= 0.3 is 6.18 Å². The number of carbonyl (C=O) groups is 1. The zero-order valence-corrected chi connectivity index (χ0v) is 17.2. The molecule has 1 amide bonds. The van der Waals surface area contributed by atoms with Crippen molar-refractivity contribution in [2.45, 2.75) is 37.9 Å². The van der Waals surface area contributed by atoms with E-state index in [0.29, 0.717) is 11.8 Å². The number of benzene rings is 1. The molecule has 1 aromatic heterocycles. The molecule has 0 radical (unpaired) electrons. The summed E-state index contributed by atoms with van der Waals surface area (Å²) >= 11 is 5.95. The Kier molecular flexibility index (Phi) is 7.07. The molecular formula is C21H23ClF3N3O2. The lowest BCUT2D eigenvalue weighted by Crippen LogP contribution is -2.38. The fraction of sp³-hybridized carbons (Fsp3) is 0.429. The number of rotatable bonds is 6. The van der Waals surface area contributed by atoms with E-state index in [4.69, 9.17) is 16.3 Å². The van der Waals surface area contributed by atoms with Crippen LogP contribution in [0.2, 0.25) is 5.02 Å². The fourth-order valence-electron chi connectivity index (χ4n) is 3.59. The summed E-state index contributed by atoms with van der Waals surface area (Å²) in [5.74, 6) is 0.379. The van der Waals surface area contributed by atoms with Crippen LogP contribution in [0.3, 0.4) is 0 Å². The van der Waals surface area contributed by atoms with Crippen LogP contribution in [0.25, 0.3) is 0 Å². The van der Waals surface area contributed by atoms with Gasteiger partial charge in [-0.25, -0.2) is 4.98 Å². The summed E-state index contributed by atoms with van der Waals surface area (Å²) in [4.78, 5) is 16.6. The molecule has 1 aliphatic carbocycles. The number of carbonyl (C=O) groups excluding carboxylic acids is 1. The number of aromatic nitrogens is 1. The highest BCUT2D eigenvalue weighted by molar-refractivity contribution is 6.33. The lowest BCUT2D eigenvalue weighted by molar-refractivity contribution is -0.137. The Morgan fingerprint density at radius 3 is 2.63 bits per heavy atom. The monoisotopic (exact) mass is 441 g/mol. The molecule has 3 rings (SSSR count). The van der Waals surface area contributed by atoms with Gasteiger partial charge in [0.25, 0.3) is 5.91 Å². The number of hydrogen-bond donors (Lipinski definition) is 2. The van der Waals surface area contributed by atoms with Crippen molar-refractivity contribution in [1.29, 1.82) is 0 Å². The molecule has 1 aromatic carbocycles. The van der Waals surface area contributed by atoms with Crippen LogP contribution in [-0.2, 0) is 6.18 Å². The first-order chi connectivity index (χ1) is 14.3. The third-order valence-corrected chi connectivity index (χ3v) is 5.60. The number of hydrogen-bond acceptors (Lipinski definition) is 4. The maximum Gasteiger partial charge on any atom is 0.416 e. The van der Waals surface area contributed by atoms with Crippen LogP contribution in [-0.4, -0.2) is 30.6 Å². The Morgan fingerprint density at radius 2 is 1.97 bits per heavy atom. The lowest BCUT2D eigenvalue weighted by Gasteiger charge is -2.29. The molecule has 2 aromatic rings. The Bertz CT molecular complexity index is 884. The number of nitrogens with zero attached hydrogens (tertiary/aromatic N) is 1. The topological polar surface area (TPSA) is 63.2 Å². The van der Waals surface area contributed by atoms with E-state index < -0.39 is 17.6 Å². The predicted octanol–water partition coefficient (Wildman–Crippen LogP) is 5.16. The van der Waals surface area contributed by atoms with Crippen molar-refractivity contribution in [3.05, 3.63) is 52.7 Å². The summed E-state index contributed by atoms with van der Waals surface area (Å²) < 4.78 is 44.0. The minimum absolute atomic E-state index is 0.00352. The number of ether oxygens (including phenoxy) is 1. The van der Waals surface area contributed by atoms with Gasteiger partial charge in [-0.05, 0) is 61.9 Å². The van der Waals surface area contributed by atoms with Crippen molar-refractivity contribution >= 4 is 23.2 Å². The Labute approximate surface area is 178 Å². The number of anilines is 1. The van der Waals surface area contributed by atoms with Gasteiger partial charge in [0.1, 0.15) is 0 Å². The largest absolute Gasteiger partial charge is 0.480 e. The van der Waals surface area contributed by atoms with Crippen LogP contribution in [0.15, 0.2) is 36.5 Å². The van der Waals surface area contributed by atoms with Crippen molar-refractivity contribution < 1.29 is 22.7 Å². The Hall–Kier alpha value is -2.48. The molecule has 30 heavy (non-hydrogen) atoms. The third-order valence-electron chi connectivity index (χ3n) is 5.27. The first kappa shape index (κ1) is 22.2. The quantitative estimate of drug-likeness (QED) is 0.649. The molecule has 1 aliphatic rings. The van der Waals surface area contributed by atoms with Gasteiger partial charge in [0.15, 0.2) is 0 Å². The molecule has 9 heteroatoms. The van der Waals surface area contributed by atoms with Gasteiger partial charge in [0, 0.05) is 18.8 Å². The average molecular weight is 442 g/mol. The summed E-state index contributed by atoms with van der Waals surface area (Å²) in [7, 11) is 1.57. The molecule has 1 fully saturated rings. The Morgan fingerprint density at radius 1 is 1.23 bits per heavy atom. The number of pyridine rings is 1. The first-order valence-electron chi connectivity index (χ1n) is 9.68. The zero-order chi connectivity index (χ0) is 21.7. The normalized spacial score (nSPS) is 19.2. The summed E-state index contributed by atoms with van der Waals surface area (Å²) in [6, 6.07) is 6.41. The van der Waals surface area contributed by atoms with E-state index in [1.807, 2.05) is 12.1 Å². The molecule has 0 saturated heterocycles. The average Bonchev–Trinajstić information content (AvgIpc) is 2.73. The van der Waals surface area contributed by atoms with E-state index in [-0.39, 0.29) is 16.6 Å². The van der Waals surface area contributed by atoms with E-state index in [2.05, 4.69) is 15.6 Å². The molecule has 0 aliphatic heterocycles. The van der Waals surface area contributed by atoms with Crippen molar-refractivity contribution in [2.75, 3.05) is 19.0 Å². The second-order valence-corrected chi connectivity index (χ2v) is 7.73. The predicted molar refractivity (Wildman–Crippen MR) is 109 cm³/mol. The highest BCUT2D eigenvalue weighted by Crippen LogP contribution is 2.32. The van der Waals surface area contributed by atoms with Crippen LogP contribution in [0.4, 0.5) is 18.9 Å². The molecule has 162 valence electrons. The summed E-state index contributed by atoms with van der Waals surface area (Å²) in [6.07, 6.45) is 0.404. The molecule has 2 N–H and O–H groups in total. The van der Waals surface area contributed by atoms with Gasteiger partial charge in [-0.3, -0.25) is 4.79 Å².